The fourth-order valence-electron chi connectivity index (χ4n) is 4.46. The fourth-order valence-corrected chi connectivity index (χ4v) is 5.25. The van der Waals surface area contributed by atoms with Gasteiger partial charge >= 0.3 is 0 Å². The lowest BCUT2D eigenvalue weighted by molar-refractivity contribution is 0.103. The number of aromatic hydroxyl groups is 1. The molecule has 3 N–H and O–H groups in total. The van der Waals surface area contributed by atoms with Crippen LogP contribution < -0.4 is 10.5 Å². The first-order valence-electron chi connectivity index (χ1n) is 11.6. The van der Waals surface area contributed by atoms with Crippen LogP contribution in [0.4, 0.5) is 10.2 Å². The standard InChI is InChI=1S/C28H24FN3O5S/c1-16-9-21(37-26-6-4-3-5-23(26)29)7-8-24(16)32-28(30)22(14-31-32)27(34)19-10-17-12-20(15-38(2,35)36)25(33)13-18(17)11-19/h3-9,11-14,33H,10,15,30H2,1-2H3. The molecule has 5 rings (SSSR count). The van der Waals surface area contributed by atoms with Crippen LogP contribution in [0.5, 0.6) is 17.2 Å². The van der Waals surface area contributed by atoms with E-state index in [0.717, 1.165) is 17.4 Å². The number of benzene rings is 3. The summed E-state index contributed by atoms with van der Waals surface area (Å²) in [5, 5.41) is 14.6. The average molecular weight is 534 g/mol. The number of hydrogen-bond donors (Lipinski definition) is 2. The molecule has 10 heteroatoms. The van der Waals surface area contributed by atoms with Gasteiger partial charge in [-0.05, 0) is 66.1 Å². The number of sulfone groups is 1. The lowest BCUT2D eigenvalue weighted by Crippen LogP contribution is -2.09. The second-order valence-electron chi connectivity index (χ2n) is 9.26. The monoisotopic (exact) mass is 533 g/mol. The molecule has 1 aliphatic carbocycles. The van der Waals surface area contributed by atoms with Crippen LogP contribution in [0.15, 0.2) is 66.4 Å². The van der Waals surface area contributed by atoms with Gasteiger partial charge in [0.15, 0.2) is 27.2 Å². The minimum absolute atomic E-state index is 0.105. The van der Waals surface area contributed by atoms with Crippen LogP contribution in [0.1, 0.15) is 32.6 Å². The number of ketones is 1. The van der Waals surface area contributed by atoms with Crippen LogP contribution in [-0.2, 0) is 22.0 Å². The number of fused-ring (bicyclic) bond motifs is 1. The summed E-state index contributed by atoms with van der Waals surface area (Å²) < 4.78 is 44.4. The third-order valence-electron chi connectivity index (χ3n) is 6.27. The zero-order valence-electron chi connectivity index (χ0n) is 20.6. The Morgan fingerprint density at radius 1 is 1.18 bits per heavy atom. The molecule has 1 heterocycles. The Hall–Kier alpha value is -4.44. The molecule has 0 fully saturated rings. The number of Topliss-reactive ketones (excluding diaryl/α,β-unsaturated/α-hetero) is 1. The molecule has 8 nitrogen and oxygen atoms in total. The number of para-hydroxylation sites is 1. The average Bonchev–Trinajstić information content (AvgIpc) is 3.43. The number of aryl methyl sites for hydroxylation is 1. The van der Waals surface area contributed by atoms with Gasteiger partial charge in [0.25, 0.3) is 0 Å². The topological polar surface area (TPSA) is 125 Å². The van der Waals surface area contributed by atoms with Gasteiger partial charge in [-0.1, -0.05) is 18.2 Å². The van der Waals surface area contributed by atoms with Crippen molar-refractivity contribution >= 4 is 27.5 Å². The number of carbonyl (C=O) groups is 1. The Morgan fingerprint density at radius 3 is 2.66 bits per heavy atom. The third kappa shape index (κ3) is 4.90. The molecule has 0 radical (unpaired) electrons. The number of nitrogens with two attached hydrogens (primary N) is 1. The van der Waals surface area contributed by atoms with Crippen molar-refractivity contribution in [3.05, 3.63) is 100 Å². The van der Waals surface area contributed by atoms with E-state index < -0.39 is 15.7 Å². The summed E-state index contributed by atoms with van der Waals surface area (Å²) in [6.07, 6.45) is 4.44. The lowest BCUT2D eigenvalue weighted by Gasteiger charge is -2.12. The minimum atomic E-state index is -3.34. The van der Waals surface area contributed by atoms with Crippen LogP contribution >= 0.6 is 0 Å². The van der Waals surface area contributed by atoms with Crippen molar-refractivity contribution in [1.29, 1.82) is 0 Å². The number of nitrogen functional groups attached to an aromatic ring is 1. The van der Waals surface area contributed by atoms with E-state index >= 15 is 0 Å². The van der Waals surface area contributed by atoms with Crippen molar-refractivity contribution in [2.75, 3.05) is 12.0 Å². The summed E-state index contributed by atoms with van der Waals surface area (Å²) in [4.78, 5) is 13.3. The Bertz CT molecular complexity index is 1740. The quantitative estimate of drug-likeness (QED) is 0.328. The number of allylic oxidation sites excluding steroid dienone is 1. The van der Waals surface area contributed by atoms with Crippen LogP contribution in [0.2, 0.25) is 0 Å². The molecule has 4 aromatic rings. The van der Waals surface area contributed by atoms with Gasteiger partial charge in [0.1, 0.15) is 17.3 Å². The SMILES string of the molecule is Cc1cc(Oc2ccccc2F)ccc1-n1ncc(C(=O)C2=Cc3cc(O)c(CS(C)(=O)=O)cc3C2)c1N. The van der Waals surface area contributed by atoms with E-state index in [1.54, 1.807) is 42.5 Å². The number of halogens is 1. The van der Waals surface area contributed by atoms with E-state index in [1.165, 1.54) is 29.1 Å². The molecule has 3 aromatic carbocycles. The number of carbonyl (C=O) groups excluding carboxylic acids is 1. The number of phenolic OH excluding ortho intramolecular Hbond substituents is 1. The fraction of sp³-hybridized carbons (Fsp3) is 0.143. The normalized spacial score (nSPS) is 12.8. The molecule has 1 aliphatic rings. The molecule has 194 valence electrons. The molecule has 1 aromatic heterocycles. The molecule has 0 unspecified atom stereocenters. The molecule has 0 aliphatic heterocycles. The third-order valence-corrected chi connectivity index (χ3v) is 7.11. The summed E-state index contributed by atoms with van der Waals surface area (Å²) in [5.41, 5.74) is 10.1. The molecular formula is C28H24FN3O5S. The predicted molar refractivity (Wildman–Crippen MR) is 142 cm³/mol. The smallest absolute Gasteiger partial charge is 0.194 e. The highest BCUT2D eigenvalue weighted by Crippen LogP contribution is 2.34. The zero-order chi connectivity index (χ0) is 27.2. The summed E-state index contributed by atoms with van der Waals surface area (Å²) in [7, 11) is -3.34. The maximum atomic E-state index is 13.9. The largest absolute Gasteiger partial charge is 0.508 e. The van der Waals surface area contributed by atoms with Gasteiger partial charge in [-0.3, -0.25) is 4.79 Å². The predicted octanol–water partition coefficient (Wildman–Crippen LogP) is 4.77. The van der Waals surface area contributed by atoms with Crippen molar-refractivity contribution in [3.8, 4) is 22.9 Å². The summed E-state index contributed by atoms with van der Waals surface area (Å²) >= 11 is 0. The van der Waals surface area contributed by atoms with Gasteiger partial charge in [0, 0.05) is 23.8 Å². The highest BCUT2D eigenvalue weighted by molar-refractivity contribution is 7.89. The number of phenols is 1. The summed E-state index contributed by atoms with van der Waals surface area (Å²) in [6.45, 7) is 1.82. The number of rotatable bonds is 7. The minimum Gasteiger partial charge on any atom is -0.508 e. The lowest BCUT2D eigenvalue weighted by atomic mass is 10.0. The molecule has 0 amide bonds. The Balaban J connectivity index is 1.38. The highest BCUT2D eigenvalue weighted by atomic mass is 32.2. The van der Waals surface area contributed by atoms with E-state index in [-0.39, 0.29) is 40.8 Å². The van der Waals surface area contributed by atoms with E-state index in [9.17, 15) is 22.7 Å². The molecule has 0 atom stereocenters. The number of ether oxygens (including phenoxy) is 1. The molecule has 38 heavy (non-hydrogen) atoms. The second-order valence-corrected chi connectivity index (χ2v) is 11.4. The Morgan fingerprint density at radius 2 is 1.95 bits per heavy atom. The first-order valence-corrected chi connectivity index (χ1v) is 13.7. The summed E-state index contributed by atoms with van der Waals surface area (Å²) in [5.74, 6) is -0.522. The Labute approximate surface area is 218 Å². The van der Waals surface area contributed by atoms with Gasteiger partial charge in [-0.2, -0.15) is 5.10 Å². The first-order chi connectivity index (χ1) is 18.0. The van der Waals surface area contributed by atoms with E-state index in [0.29, 0.717) is 28.1 Å². The van der Waals surface area contributed by atoms with Crippen molar-refractivity contribution in [2.45, 2.75) is 19.1 Å². The number of anilines is 1. The Kier molecular flexibility index (Phi) is 6.28. The molecule has 0 saturated heterocycles. The van der Waals surface area contributed by atoms with E-state index in [1.807, 2.05) is 6.92 Å². The van der Waals surface area contributed by atoms with E-state index in [2.05, 4.69) is 5.10 Å². The molecular weight excluding hydrogens is 509 g/mol. The van der Waals surface area contributed by atoms with Crippen LogP contribution in [0.25, 0.3) is 11.8 Å². The van der Waals surface area contributed by atoms with E-state index in [4.69, 9.17) is 10.5 Å². The van der Waals surface area contributed by atoms with Gasteiger partial charge < -0.3 is 15.6 Å². The van der Waals surface area contributed by atoms with Crippen molar-refractivity contribution in [2.24, 2.45) is 0 Å². The van der Waals surface area contributed by atoms with Crippen LogP contribution in [-0.4, -0.2) is 35.3 Å². The number of hydrogen-bond acceptors (Lipinski definition) is 7. The van der Waals surface area contributed by atoms with Crippen LogP contribution in [0, 0.1) is 12.7 Å². The summed E-state index contributed by atoms with van der Waals surface area (Å²) in [6, 6.07) is 14.3. The van der Waals surface area contributed by atoms with Gasteiger partial charge in [0.05, 0.1) is 23.2 Å². The highest BCUT2D eigenvalue weighted by Gasteiger charge is 2.26. The number of nitrogens with zero attached hydrogens (tertiary/aromatic N) is 2. The van der Waals surface area contributed by atoms with Gasteiger partial charge in [-0.15, -0.1) is 0 Å². The second kappa shape index (κ2) is 9.46. The number of aromatic nitrogens is 2. The van der Waals surface area contributed by atoms with Crippen molar-refractivity contribution < 1.29 is 27.4 Å². The van der Waals surface area contributed by atoms with Crippen LogP contribution in [0.3, 0.4) is 0 Å². The molecule has 0 spiro atoms. The molecule has 0 saturated carbocycles. The molecule has 0 bridgehead atoms. The van der Waals surface area contributed by atoms with Gasteiger partial charge in [0.2, 0.25) is 0 Å². The van der Waals surface area contributed by atoms with Crippen molar-refractivity contribution in [1.82, 2.24) is 9.78 Å². The maximum Gasteiger partial charge on any atom is 0.194 e. The van der Waals surface area contributed by atoms with Crippen molar-refractivity contribution in [3.63, 3.8) is 0 Å². The zero-order valence-corrected chi connectivity index (χ0v) is 21.4. The first kappa shape index (κ1) is 25.2. The maximum absolute atomic E-state index is 13.9. The van der Waals surface area contributed by atoms with Gasteiger partial charge in [-0.25, -0.2) is 17.5 Å².